The number of carbonyl (C=O) groups excluding carboxylic acids is 1. The molecule has 2 atom stereocenters. The van der Waals surface area contributed by atoms with Gasteiger partial charge in [0.1, 0.15) is 5.82 Å². The van der Waals surface area contributed by atoms with E-state index in [-0.39, 0.29) is 17.8 Å². The number of pyridine rings is 1. The van der Waals surface area contributed by atoms with Crippen LogP contribution in [0.4, 0.5) is 27.8 Å². The zero-order chi connectivity index (χ0) is 20.8. The van der Waals surface area contributed by atoms with E-state index in [0.717, 1.165) is 11.0 Å². The summed E-state index contributed by atoms with van der Waals surface area (Å²) in [5.74, 6) is -3.15. The summed E-state index contributed by atoms with van der Waals surface area (Å²) in [4.78, 5) is 21.2. The van der Waals surface area contributed by atoms with Gasteiger partial charge >= 0.3 is 6.18 Å². The van der Waals surface area contributed by atoms with E-state index < -0.39 is 36.8 Å². The van der Waals surface area contributed by atoms with Crippen molar-refractivity contribution in [2.45, 2.75) is 30.6 Å². The van der Waals surface area contributed by atoms with E-state index >= 15 is 0 Å². The Labute approximate surface area is 164 Å². The lowest BCUT2D eigenvalue weighted by atomic mass is 10.1. The van der Waals surface area contributed by atoms with Gasteiger partial charge in [-0.15, -0.1) is 0 Å². The Morgan fingerprint density at radius 1 is 1.17 bits per heavy atom. The number of halogens is 5. The van der Waals surface area contributed by atoms with E-state index in [4.69, 9.17) is 0 Å². The quantitative estimate of drug-likeness (QED) is 0.752. The molecule has 3 fully saturated rings. The number of rotatable bonds is 3. The lowest BCUT2D eigenvalue weighted by Gasteiger charge is -2.40. The molecule has 29 heavy (non-hydrogen) atoms. The molecular formula is C18H22F5N5O. The maximum atomic E-state index is 13.2. The third-order valence-corrected chi connectivity index (χ3v) is 5.78. The number of anilines is 1. The highest BCUT2D eigenvalue weighted by atomic mass is 19.4. The van der Waals surface area contributed by atoms with Crippen LogP contribution in [0.15, 0.2) is 18.3 Å². The van der Waals surface area contributed by atoms with E-state index in [1.807, 2.05) is 0 Å². The molecule has 0 aliphatic carbocycles. The average Bonchev–Trinajstić information content (AvgIpc) is 3.15. The number of nitrogens with zero attached hydrogens (tertiary/aromatic N) is 4. The fourth-order valence-corrected chi connectivity index (χ4v) is 4.24. The zero-order valence-electron chi connectivity index (χ0n) is 15.6. The molecule has 0 spiro atoms. The Balaban J connectivity index is 1.32. The van der Waals surface area contributed by atoms with Crippen LogP contribution in [0.3, 0.4) is 0 Å². The van der Waals surface area contributed by atoms with Crippen molar-refractivity contribution in [3.8, 4) is 0 Å². The summed E-state index contributed by atoms with van der Waals surface area (Å²) in [6.07, 6.45) is -2.59. The molecule has 3 saturated heterocycles. The largest absolute Gasteiger partial charge is 0.419 e. The topological polar surface area (TPSA) is 51.7 Å². The molecule has 1 amide bonds. The molecule has 6 nitrogen and oxygen atoms in total. The summed E-state index contributed by atoms with van der Waals surface area (Å²) in [7, 11) is 0. The van der Waals surface area contributed by atoms with E-state index in [2.05, 4.69) is 15.2 Å². The monoisotopic (exact) mass is 419 g/mol. The fourth-order valence-electron chi connectivity index (χ4n) is 4.24. The van der Waals surface area contributed by atoms with E-state index in [0.29, 0.717) is 39.1 Å². The molecule has 0 unspecified atom stereocenters. The van der Waals surface area contributed by atoms with Crippen molar-refractivity contribution < 1.29 is 26.7 Å². The second-order valence-electron chi connectivity index (χ2n) is 7.80. The first kappa shape index (κ1) is 20.3. The average molecular weight is 419 g/mol. The summed E-state index contributed by atoms with van der Waals surface area (Å²) in [6.45, 7) is 1.38. The maximum absolute atomic E-state index is 13.2. The third kappa shape index (κ3) is 4.16. The first-order chi connectivity index (χ1) is 13.6. The Bertz CT molecular complexity index is 757. The van der Waals surface area contributed by atoms with Crippen LogP contribution in [0, 0.1) is 0 Å². The molecule has 1 aromatic rings. The minimum absolute atomic E-state index is 0.0544. The molecule has 3 aliphatic heterocycles. The molecule has 0 aromatic carbocycles. The summed E-state index contributed by atoms with van der Waals surface area (Å²) < 4.78 is 65.6. The molecule has 3 aliphatic rings. The van der Waals surface area contributed by atoms with Gasteiger partial charge in [0.15, 0.2) is 0 Å². The Kier molecular flexibility index (Phi) is 5.14. The van der Waals surface area contributed by atoms with Crippen LogP contribution < -0.4 is 10.2 Å². The smallest absolute Gasteiger partial charge is 0.354 e. The molecule has 4 rings (SSSR count). The van der Waals surface area contributed by atoms with Gasteiger partial charge in [0.05, 0.1) is 24.7 Å². The first-order valence-electron chi connectivity index (χ1n) is 9.55. The fraction of sp³-hybridized carbons (Fsp3) is 0.667. The molecular weight excluding hydrogens is 397 g/mol. The van der Waals surface area contributed by atoms with Crippen molar-refractivity contribution in [3.63, 3.8) is 0 Å². The minimum Gasteiger partial charge on any atom is -0.354 e. The van der Waals surface area contributed by atoms with Crippen molar-refractivity contribution in [1.82, 2.24) is 20.1 Å². The molecule has 1 N–H and O–H groups in total. The number of hydrogen-bond acceptors (Lipinski definition) is 5. The predicted octanol–water partition coefficient (Wildman–Crippen LogP) is 1.43. The van der Waals surface area contributed by atoms with Crippen molar-refractivity contribution in [1.29, 1.82) is 0 Å². The SMILES string of the molecule is O=C([C@@H]1C[C@H](N2CCN(c3ncccc3C(F)(F)F)CC2)CN1)N1CC(F)(F)C1. The molecule has 1 aromatic heterocycles. The van der Waals surface area contributed by atoms with E-state index in [1.54, 1.807) is 4.90 Å². The molecule has 0 saturated carbocycles. The normalized spacial score (nSPS) is 27.8. The molecule has 160 valence electrons. The van der Waals surface area contributed by atoms with Crippen LogP contribution in [-0.4, -0.2) is 84.5 Å². The number of amides is 1. The van der Waals surface area contributed by atoms with Crippen LogP contribution in [0.5, 0.6) is 0 Å². The molecule has 11 heteroatoms. The van der Waals surface area contributed by atoms with Gasteiger partial charge in [-0.05, 0) is 18.6 Å². The van der Waals surface area contributed by atoms with Crippen LogP contribution in [-0.2, 0) is 11.0 Å². The van der Waals surface area contributed by atoms with Crippen molar-refractivity contribution in [3.05, 3.63) is 23.9 Å². The highest BCUT2D eigenvalue weighted by Crippen LogP contribution is 2.35. The predicted molar refractivity (Wildman–Crippen MR) is 94.7 cm³/mol. The molecule has 0 bridgehead atoms. The summed E-state index contributed by atoms with van der Waals surface area (Å²) in [5.41, 5.74) is -0.743. The van der Waals surface area contributed by atoms with Gasteiger partial charge in [0.2, 0.25) is 5.91 Å². The summed E-state index contributed by atoms with van der Waals surface area (Å²) >= 11 is 0. The van der Waals surface area contributed by atoms with Gasteiger partial charge in [-0.3, -0.25) is 9.69 Å². The van der Waals surface area contributed by atoms with Crippen LogP contribution in [0.1, 0.15) is 12.0 Å². The van der Waals surface area contributed by atoms with Crippen LogP contribution in [0.25, 0.3) is 0 Å². The minimum atomic E-state index is -4.46. The highest BCUT2D eigenvalue weighted by molar-refractivity contribution is 5.83. The first-order valence-corrected chi connectivity index (χ1v) is 9.55. The van der Waals surface area contributed by atoms with Gasteiger partial charge < -0.3 is 15.1 Å². The van der Waals surface area contributed by atoms with Gasteiger partial charge in [0, 0.05) is 45.0 Å². The number of carbonyl (C=O) groups is 1. The maximum Gasteiger partial charge on any atom is 0.419 e. The van der Waals surface area contributed by atoms with Crippen molar-refractivity contribution in [2.75, 3.05) is 50.7 Å². The number of piperazine rings is 1. The number of hydrogen-bond donors (Lipinski definition) is 1. The highest BCUT2D eigenvalue weighted by Gasteiger charge is 2.48. The number of nitrogens with one attached hydrogen (secondary N) is 1. The summed E-state index contributed by atoms with van der Waals surface area (Å²) in [6, 6.07) is 1.88. The van der Waals surface area contributed by atoms with Gasteiger partial charge in [0.25, 0.3) is 5.92 Å². The Hall–Kier alpha value is -2.01. The standard InChI is InChI=1S/C18H22F5N5O/c19-17(20)10-28(11-17)16(29)14-8-12(9-25-14)26-4-6-27(7-5-26)15-13(18(21,22)23)2-1-3-24-15/h1-3,12,14,25H,4-11H2/t12-,14-/m0/s1. The summed E-state index contributed by atoms with van der Waals surface area (Å²) in [5, 5.41) is 3.10. The van der Waals surface area contributed by atoms with E-state index in [1.165, 1.54) is 12.3 Å². The molecule has 0 radical (unpaired) electrons. The second kappa shape index (κ2) is 7.35. The van der Waals surface area contributed by atoms with Crippen LogP contribution >= 0.6 is 0 Å². The second-order valence-corrected chi connectivity index (χ2v) is 7.80. The van der Waals surface area contributed by atoms with Crippen molar-refractivity contribution >= 4 is 11.7 Å². The lowest BCUT2D eigenvalue weighted by Crippen LogP contribution is -2.61. The van der Waals surface area contributed by atoms with Gasteiger partial charge in [-0.1, -0.05) is 0 Å². The lowest BCUT2D eigenvalue weighted by molar-refractivity contribution is -0.167. The van der Waals surface area contributed by atoms with Crippen LogP contribution in [0.2, 0.25) is 0 Å². The molecule has 4 heterocycles. The number of alkyl halides is 5. The third-order valence-electron chi connectivity index (χ3n) is 5.78. The van der Waals surface area contributed by atoms with Crippen molar-refractivity contribution in [2.24, 2.45) is 0 Å². The van der Waals surface area contributed by atoms with E-state index in [9.17, 15) is 26.7 Å². The van der Waals surface area contributed by atoms with Gasteiger partial charge in [-0.25, -0.2) is 13.8 Å². The zero-order valence-corrected chi connectivity index (χ0v) is 15.6. The Morgan fingerprint density at radius 2 is 1.86 bits per heavy atom. The Morgan fingerprint density at radius 3 is 2.48 bits per heavy atom. The number of likely N-dealkylation sites (tertiary alicyclic amines) is 1. The van der Waals surface area contributed by atoms with Gasteiger partial charge in [-0.2, -0.15) is 13.2 Å². The number of aromatic nitrogens is 1.